The summed E-state index contributed by atoms with van der Waals surface area (Å²) in [5, 5.41) is 19.4. The number of hydrogen-bond donors (Lipinski definition) is 0. The predicted molar refractivity (Wildman–Crippen MR) is 112 cm³/mol. The normalized spacial score (nSPS) is 22.9. The molecule has 0 radical (unpaired) electrons. The zero-order valence-electron chi connectivity index (χ0n) is 16.0. The molecule has 2 heterocycles. The Balaban J connectivity index is 1.78. The van der Waals surface area contributed by atoms with E-state index in [2.05, 4.69) is 0 Å². The van der Waals surface area contributed by atoms with Crippen molar-refractivity contribution in [2.75, 3.05) is 20.1 Å². The van der Waals surface area contributed by atoms with E-state index in [0.29, 0.717) is 36.3 Å². The Labute approximate surface area is 169 Å². The lowest BCUT2D eigenvalue weighted by Crippen LogP contribution is -2.38. The third kappa shape index (κ3) is 3.97. The van der Waals surface area contributed by atoms with Crippen molar-refractivity contribution >= 4 is 22.4 Å². The van der Waals surface area contributed by atoms with E-state index >= 15 is 0 Å². The van der Waals surface area contributed by atoms with Gasteiger partial charge >= 0.3 is 0 Å². The highest BCUT2D eigenvalue weighted by molar-refractivity contribution is 6.30. The van der Waals surface area contributed by atoms with Crippen molar-refractivity contribution in [1.82, 2.24) is 9.78 Å². The van der Waals surface area contributed by atoms with E-state index in [0.717, 1.165) is 29.5 Å². The second kappa shape index (κ2) is 7.66. The molecular formula is C22H24ClN3O2. The van der Waals surface area contributed by atoms with Crippen LogP contribution < -0.4 is 5.56 Å². The van der Waals surface area contributed by atoms with Gasteiger partial charge in [-0.05, 0) is 36.6 Å². The van der Waals surface area contributed by atoms with Gasteiger partial charge in [0.25, 0.3) is 5.56 Å². The number of aromatic nitrogens is 2. The minimum Gasteiger partial charge on any atom is -0.633 e. The molecule has 6 heteroatoms. The predicted octanol–water partition coefficient (Wildman–Crippen LogP) is 4.31. The molecule has 0 saturated carbocycles. The van der Waals surface area contributed by atoms with Gasteiger partial charge in [0.1, 0.15) is 0 Å². The molecule has 2 atom stereocenters. The highest BCUT2D eigenvalue weighted by Crippen LogP contribution is 2.25. The largest absolute Gasteiger partial charge is 0.633 e. The quantitative estimate of drug-likeness (QED) is 0.488. The van der Waals surface area contributed by atoms with Crippen molar-refractivity contribution in [3.63, 3.8) is 0 Å². The summed E-state index contributed by atoms with van der Waals surface area (Å²) in [5.41, 5.74) is 1.90. The van der Waals surface area contributed by atoms with E-state index in [1.807, 2.05) is 48.5 Å². The highest BCUT2D eigenvalue weighted by Gasteiger charge is 2.24. The number of halogens is 1. The Kier molecular flexibility index (Phi) is 5.23. The van der Waals surface area contributed by atoms with Crippen molar-refractivity contribution in [2.45, 2.75) is 31.7 Å². The molecule has 146 valence electrons. The van der Waals surface area contributed by atoms with Crippen LogP contribution in [0.2, 0.25) is 5.02 Å². The van der Waals surface area contributed by atoms with E-state index in [1.54, 1.807) is 11.7 Å². The third-order valence-electron chi connectivity index (χ3n) is 5.64. The van der Waals surface area contributed by atoms with Gasteiger partial charge in [0.2, 0.25) is 0 Å². The number of benzene rings is 2. The van der Waals surface area contributed by atoms with Gasteiger partial charge < -0.3 is 9.85 Å². The van der Waals surface area contributed by atoms with Gasteiger partial charge in [0, 0.05) is 23.3 Å². The van der Waals surface area contributed by atoms with E-state index in [4.69, 9.17) is 16.7 Å². The maximum absolute atomic E-state index is 13.2. The van der Waals surface area contributed by atoms with Crippen molar-refractivity contribution in [1.29, 1.82) is 0 Å². The first-order valence-corrected chi connectivity index (χ1v) is 10.1. The topological polar surface area (TPSA) is 57.9 Å². The van der Waals surface area contributed by atoms with Crippen LogP contribution in [0.1, 0.15) is 36.6 Å². The second-order valence-corrected chi connectivity index (χ2v) is 8.31. The minimum atomic E-state index is -0.240. The van der Waals surface area contributed by atoms with E-state index in [9.17, 15) is 10.0 Å². The zero-order chi connectivity index (χ0) is 19.7. The van der Waals surface area contributed by atoms with E-state index in [1.165, 1.54) is 0 Å². The Morgan fingerprint density at radius 2 is 1.82 bits per heavy atom. The smallest absolute Gasteiger partial charge is 0.274 e. The molecular weight excluding hydrogens is 374 g/mol. The molecule has 0 N–H and O–H groups in total. The maximum atomic E-state index is 13.2. The molecule has 0 spiro atoms. The maximum Gasteiger partial charge on any atom is 0.274 e. The van der Waals surface area contributed by atoms with Crippen molar-refractivity contribution < 1.29 is 4.65 Å². The summed E-state index contributed by atoms with van der Waals surface area (Å²) in [4.78, 5) is 13.2. The van der Waals surface area contributed by atoms with Gasteiger partial charge in [-0.2, -0.15) is 5.10 Å². The molecule has 1 aliphatic heterocycles. The number of nitrogens with zero attached hydrogens (tertiary/aromatic N) is 3. The second-order valence-electron chi connectivity index (χ2n) is 7.87. The molecule has 4 rings (SSSR count). The monoisotopic (exact) mass is 397 g/mol. The lowest BCUT2D eigenvalue weighted by molar-refractivity contribution is -0.859. The Morgan fingerprint density at radius 1 is 1.11 bits per heavy atom. The lowest BCUT2D eigenvalue weighted by Gasteiger charge is -2.37. The van der Waals surface area contributed by atoms with Crippen LogP contribution in [0.3, 0.4) is 0 Å². The lowest BCUT2D eigenvalue weighted by atomic mass is 10.0. The Bertz CT molecular complexity index is 1040. The Morgan fingerprint density at radius 3 is 2.57 bits per heavy atom. The first kappa shape index (κ1) is 19.1. The first-order chi connectivity index (χ1) is 13.4. The van der Waals surface area contributed by atoms with Gasteiger partial charge in [-0.25, -0.2) is 4.68 Å². The van der Waals surface area contributed by atoms with Crippen LogP contribution in [0, 0.1) is 5.21 Å². The van der Waals surface area contributed by atoms with Crippen LogP contribution in [-0.4, -0.2) is 34.6 Å². The number of quaternary nitrogens is 1. The van der Waals surface area contributed by atoms with Crippen LogP contribution in [-0.2, 0) is 6.42 Å². The summed E-state index contributed by atoms with van der Waals surface area (Å²) in [6.45, 7) is 1.11. The fraction of sp³-hybridized carbons (Fsp3) is 0.364. The zero-order valence-corrected chi connectivity index (χ0v) is 16.7. The third-order valence-corrected chi connectivity index (χ3v) is 5.89. The summed E-state index contributed by atoms with van der Waals surface area (Å²) in [6, 6.07) is 15.3. The Hall–Kier alpha value is -2.21. The molecule has 3 aromatic rings. The average molecular weight is 398 g/mol. The van der Waals surface area contributed by atoms with Crippen molar-refractivity contribution in [3.05, 3.63) is 80.4 Å². The molecule has 0 amide bonds. The molecule has 1 aliphatic rings. The van der Waals surface area contributed by atoms with Gasteiger partial charge in [-0.15, -0.1) is 0 Å². The SMILES string of the molecule is C[N+]1([O-])CCC[C@@H](n2nc(Cc3ccc(Cl)cc3)c3ccccc3c2=O)CC1. The molecule has 5 nitrogen and oxygen atoms in total. The fourth-order valence-electron chi connectivity index (χ4n) is 4.03. The number of hydroxylamine groups is 3. The molecule has 28 heavy (non-hydrogen) atoms. The molecule has 1 fully saturated rings. The molecule has 1 saturated heterocycles. The van der Waals surface area contributed by atoms with Gasteiger partial charge in [-0.3, -0.25) is 4.79 Å². The van der Waals surface area contributed by atoms with Crippen LogP contribution in [0.15, 0.2) is 53.3 Å². The number of likely N-dealkylation sites (tertiary alicyclic amines) is 1. The van der Waals surface area contributed by atoms with E-state index in [-0.39, 0.29) is 16.2 Å². The fourth-order valence-corrected chi connectivity index (χ4v) is 4.16. The molecule has 0 aliphatic carbocycles. The molecule has 1 unspecified atom stereocenters. The number of hydrogen-bond acceptors (Lipinski definition) is 3. The standard InChI is InChI=1S/C22H24ClN3O2/c1-26(28)13-4-5-18(12-14-26)25-22(27)20-7-3-2-6-19(20)21(24-25)15-16-8-10-17(23)11-9-16/h2-3,6-11,18H,4-5,12-15H2,1H3/t18-,26?/m1/s1. The first-order valence-electron chi connectivity index (χ1n) is 9.73. The summed E-state index contributed by atoms with van der Waals surface area (Å²) >= 11 is 6.01. The van der Waals surface area contributed by atoms with Crippen LogP contribution in [0.25, 0.3) is 10.8 Å². The van der Waals surface area contributed by atoms with E-state index < -0.39 is 0 Å². The summed E-state index contributed by atoms with van der Waals surface area (Å²) < 4.78 is 1.40. The molecule has 2 aromatic carbocycles. The van der Waals surface area contributed by atoms with Crippen LogP contribution >= 0.6 is 11.6 Å². The van der Waals surface area contributed by atoms with Gasteiger partial charge in [0.15, 0.2) is 0 Å². The minimum absolute atomic E-state index is 0.0324. The number of rotatable bonds is 3. The van der Waals surface area contributed by atoms with Gasteiger partial charge in [-0.1, -0.05) is 41.9 Å². The molecule has 1 aromatic heterocycles. The molecule has 0 bridgehead atoms. The summed E-state index contributed by atoms with van der Waals surface area (Å²) in [7, 11) is 1.71. The van der Waals surface area contributed by atoms with Crippen LogP contribution in [0.5, 0.6) is 0 Å². The van der Waals surface area contributed by atoms with Crippen molar-refractivity contribution in [2.24, 2.45) is 0 Å². The van der Waals surface area contributed by atoms with Crippen LogP contribution in [0.4, 0.5) is 0 Å². The van der Waals surface area contributed by atoms with Gasteiger partial charge in [0.05, 0.1) is 37.3 Å². The summed E-state index contributed by atoms with van der Waals surface area (Å²) in [6.07, 6.45) is 2.91. The highest BCUT2D eigenvalue weighted by atomic mass is 35.5. The average Bonchev–Trinajstić information content (AvgIpc) is 2.86. The number of fused-ring (bicyclic) bond motifs is 1. The summed E-state index contributed by atoms with van der Waals surface area (Å²) in [5.74, 6) is 0. The van der Waals surface area contributed by atoms with Crippen molar-refractivity contribution in [3.8, 4) is 0 Å².